The molecule has 1 aromatic rings. The molecule has 2 heterocycles. The van der Waals surface area contributed by atoms with E-state index >= 15 is 0 Å². The Balaban J connectivity index is 2.31. The smallest absolute Gasteiger partial charge is 0.257 e. The number of aryl methyl sites for hydroxylation is 1. The third kappa shape index (κ3) is 2.05. The summed E-state index contributed by atoms with van der Waals surface area (Å²) in [5.74, 6) is 0.575. The molecule has 0 spiro atoms. The van der Waals surface area contributed by atoms with Crippen LogP contribution in [0.4, 0.5) is 5.82 Å². The first-order valence-electron chi connectivity index (χ1n) is 5.70. The molecule has 1 aliphatic heterocycles. The molecule has 17 heavy (non-hydrogen) atoms. The van der Waals surface area contributed by atoms with Gasteiger partial charge in [0.15, 0.2) is 5.82 Å². The second-order valence-corrected chi connectivity index (χ2v) is 4.65. The van der Waals surface area contributed by atoms with Crippen molar-refractivity contribution in [3.63, 3.8) is 0 Å². The van der Waals surface area contributed by atoms with E-state index in [4.69, 9.17) is 0 Å². The fourth-order valence-corrected chi connectivity index (χ4v) is 2.02. The van der Waals surface area contributed by atoms with Gasteiger partial charge in [-0.05, 0) is 31.9 Å². The zero-order chi connectivity index (χ0) is 12.6. The number of aromatic nitrogens is 2. The number of hydrogen-bond donors (Lipinski definition) is 0. The van der Waals surface area contributed by atoms with Gasteiger partial charge >= 0.3 is 0 Å². The number of anilines is 1. The Morgan fingerprint density at radius 3 is 2.41 bits per heavy atom. The molecule has 1 amide bonds. The minimum atomic E-state index is -0.141. The summed E-state index contributed by atoms with van der Waals surface area (Å²) in [5.41, 5.74) is 1.66. The summed E-state index contributed by atoms with van der Waals surface area (Å²) in [7, 11) is 0. The Kier molecular flexibility index (Phi) is 2.92. The summed E-state index contributed by atoms with van der Waals surface area (Å²) in [4.78, 5) is 12.2. The third-order valence-electron chi connectivity index (χ3n) is 2.85. The molecule has 1 unspecified atom stereocenters. The van der Waals surface area contributed by atoms with Gasteiger partial charge in [-0.2, -0.15) is 15.2 Å². The van der Waals surface area contributed by atoms with Crippen LogP contribution >= 0.6 is 0 Å². The molecule has 2 rings (SSSR count). The van der Waals surface area contributed by atoms with Crippen LogP contribution in [-0.4, -0.2) is 21.8 Å². The van der Waals surface area contributed by atoms with E-state index in [9.17, 15) is 4.79 Å². The summed E-state index contributed by atoms with van der Waals surface area (Å²) in [6.07, 6.45) is 0. The SMILES string of the molecule is CC1=NN(c2ccc(C)nn2)C(=O)C1C(C)C. The first kappa shape index (κ1) is 11.7. The molecular formula is C12H16N4O. The van der Waals surface area contributed by atoms with Crippen LogP contribution in [0.3, 0.4) is 0 Å². The highest BCUT2D eigenvalue weighted by Crippen LogP contribution is 2.26. The van der Waals surface area contributed by atoms with E-state index in [0.717, 1.165) is 11.4 Å². The zero-order valence-electron chi connectivity index (χ0n) is 10.5. The molecule has 0 aliphatic carbocycles. The van der Waals surface area contributed by atoms with Crippen LogP contribution in [0.5, 0.6) is 0 Å². The van der Waals surface area contributed by atoms with E-state index in [1.165, 1.54) is 5.01 Å². The van der Waals surface area contributed by atoms with Crippen molar-refractivity contribution in [3.05, 3.63) is 17.8 Å². The van der Waals surface area contributed by atoms with Crippen molar-refractivity contribution in [1.29, 1.82) is 0 Å². The lowest BCUT2D eigenvalue weighted by Gasteiger charge is -2.15. The van der Waals surface area contributed by atoms with E-state index in [1.54, 1.807) is 6.07 Å². The Hall–Kier alpha value is -1.78. The van der Waals surface area contributed by atoms with Crippen molar-refractivity contribution in [2.75, 3.05) is 5.01 Å². The summed E-state index contributed by atoms with van der Waals surface area (Å²) < 4.78 is 0. The number of nitrogens with zero attached hydrogens (tertiary/aromatic N) is 4. The van der Waals surface area contributed by atoms with Gasteiger partial charge in [0.1, 0.15) is 0 Å². The number of hydrogen-bond acceptors (Lipinski definition) is 4. The fraction of sp³-hybridized carbons (Fsp3) is 0.500. The Bertz CT molecular complexity index is 464. The van der Waals surface area contributed by atoms with Crippen LogP contribution in [-0.2, 0) is 4.79 Å². The van der Waals surface area contributed by atoms with Crippen LogP contribution < -0.4 is 5.01 Å². The molecule has 5 heteroatoms. The van der Waals surface area contributed by atoms with Gasteiger partial charge < -0.3 is 0 Å². The summed E-state index contributed by atoms with van der Waals surface area (Å²) in [6, 6.07) is 3.59. The quantitative estimate of drug-likeness (QED) is 0.781. The lowest BCUT2D eigenvalue weighted by atomic mass is 9.92. The lowest BCUT2D eigenvalue weighted by Crippen LogP contribution is -2.30. The van der Waals surface area contributed by atoms with Crippen molar-refractivity contribution in [2.45, 2.75) is 27.7 Å². The number of hydrazone groups is 1. The first-order chi connectivity index (χ1) is 8.00. The second kappa shape index (κ2) is 4.24. The van der Waals surface area contributed by atoms with Gasteiger partial charge in [-0.1, -0.05) is 13.8 Å². The van der Waals surface area contributed by atoms with Crippen LogP contribution in [0.2, 0.25) is 0 Å². The first-order valence-corrected chi connectivity index (χ1v) is 5.70. The molecule has 1 aromatic heterocycles. The molecule has 0 radical (unpaired) electrons. The predicted molar refractivity (Wildman–Crippen MR) is 65.7 cm³/mol. The molecule has 0 bridgehead atoms. The second-order valence-electron chi connectivity index (χ2n) is 4.65. The van der Waals surface area contributed by atoms with Crippen molar-refractivity contribution in [2.24, 2.45) is 16.9 Å². The molecule has 90 valence electrons. The molecular weight excluding hydrogens is 216 g/mol. The molecule has 5 nitrogen and oxygen atoms in total. The van der Waals surface area contributed by atoms with Crippen molar-refractivity contribution >= 4 is 17.4 Å². The Labute approximate surface area is 101 Å². The van der Waals surface area contributed by atoms with E-state index < -0.39 is 0 Å². The van der Waals surface area contributed by atoms with Gasteiger partial charge in [0.2, 0.25) is 0 Å². The van der Waals surface area contributed by atoms with Crippen LogP contribution in [0, 0.1) is 18.8 Å². The van der Waals surface area contributed by atoms with Crippen molar-refractivity contribution in [3.8, 4) is 0 Å². The van der Waals surface area contributed by atoms with E-state index in [0.29, 0.717) is 5.82 Å². The molecule has 1 aliphatic rings. The number of amides is 1. The van der Waals surface area contributed by atoms with E-state index in [2.05, 4.69) is 15.3 Å². The van der Waals surface area contributed by atoms with Gasteiger partial charge in [-0.3, -0.25) is 4.79 Å². The highest BCUT2D eigenvalue weighted by Gasteiger charge is 2.36. The third-order valence-corrected chi connectivity index (χ3v) is 2.85. The molecule has 0 saturated heterocycles. The topological polar surface area (TPSA) is 58.5 Å². The minimum absolute atomic E-state index is 0.0179. The zero-order valence-corrected chi connectivity index (χ0v) is 10.5. The van der Waals surface area contributed by atoms with Gasteiger partial charge in [0.05, 0.1) is 11.6 Å². The summed E-state index contributed by atoms with van der Waals surface area (Å²) in [6.45, 7) is 7.77. The van der Waals surface area contributed by atoms with Gasteiger partial charge in [-0.25, -0.2) is 0 Å². The number of carbonyl (C=O) groups excluding carboxylic acids is 1. The number of carbonyl (C=O) groups is 1. The van der Waals surface area contributed by atoms with Crippen LogP contribution in [0.15, 0.2) is 17.2 Å². The molecule has 0 saturated carbocycles. The maximum absolute atomic E-state index is 12.2. The monoisotopic (exact) mass is 232 g/mol. The minimum Gasteiger partial charge on any atom is -0.272 e. The van der Waals surface area contributed by atoms with E-state index in [-0.39, 0.29) is 17.7 Å². The average Bonchev–Trinajstić information content (AvgIpc) is 2.55. The number of rotatable bonds is 2. The van der Waals surface area contributed by atoms with E-state index in [1.807, 2.05) is 33.8 Å². The Morgan fingerprint density at radius 1 is 1.24 bits per heavy atom. The highest BCUT2D eigenvalue weighted by molar-refractivity contribution is 6.14. The largest absolute Gasteiger partial charge is 0.272 e. The van der Waals surface area contributed by atoms with Crippen LogP contribution in [0.1, 0.15) is 26.5 Å². The molecule has 0 fully saturated rings. The van der Waals surface area contributed by atoms with Crippen molar-refractivity contribution < 1.29 is 4.79 Å². The lowest BCUT2D eigenvalue weighted by molar-refractivity contribution is -0.120. The predicted octanol–water partition coefficient (Wildman–Crippen LogP) is 1.78. The van der Waals surface area contributed by atoms with Gasteiger partial charge in [0, 0.05) is 5.71 Å². The standard InChI is InChI=1S/C12H16N4O/c1-7(2)11-9(4)15-16(12(11)17)10-6-5-8(3)13-14-10/h5-7,11H,1-4H3. The van der Waals surface area contributed by atoms with Crippen LogP contribution in [0.25, 0.3) is 0 Å². The van der Waals surface area contributed by atoms with Gasteiger partial charge in [0.25, 0.3) is 5.91 Å². The summed E-state index contributed by atoms with van der Waals surface area (Å²) >= 11 is 0. The highest BCUT2D eigenvalue weighted by atomic mass is 16.2. The Morgan fingerprint density at radius 2 is 1.94 bits per heavy atom. The van der Waals surface area contributed by atoms with Gasteiger partial charge in [-0.15, -0.1) is 5.10 Å². The van der Waals surface area contributed by atoms with Crippen molar-refractivity contribution in [1.82, 2.24) is 10.2 Å². The maximum Gasteiger partial charge on any atom is 0.257 e. The summed E-state index contributed by atoms with van der Waals surface area (Å²) in [5, 5.41) is 13.6. The normalized spacial score (nSPS) is 20.1. The average molecular weight is 232 g/mol. The molecule has 0 aromatic carbocycles. The maximum atomic E-state index is 12.2. The fourth-order valence-electron chi connectivity index (χ4n) is 2.02. The molecule has 1 atom stereocenters. The molecule has 0 N–H and O–H groups in total.